The van der Waals surface area contributed by atoms with Crippen molar-refractivity contribution in [2.45, 2.75) is 0 Å². The maximum atomic E-state index is 5.86. The first-order valence-corrected chi connectivity index (χ1v) is 5.30. The van der Waals surface area contributed by atoms with Gasteiger partial charge in [0, 0.05) is 21.9 Å². The first-order valence-electron chi connectivity index (χ1n) is 4.13. The van der Waals surface area contributed by atoms with Crippen LogP contribution in [0.5, 0.6) is 0 Å². The van der Waals surface area contributed by atoms with E-state index in [4.69, 9.17) is 11.6 Å². The van der Waals surface area contributed by atoms with E-state index in [1.807, 2.05) is 30.3 Å². The standard InChI is InChI=1S/C11H7BrClN/c12-11-7-9(13)1-2-10(11)8-3-5-14-6-4-8/h1-7H. The SMILES string of the molecule is Clc1ccc(-c2ccncc2)c(Br)c1. The molecule has 70 valence electrons. The normalized spacial score (nSPS) is 10.1. The van der Waals surface area contributed by atoms with Crippen LogP contribution in [0.25, 0.3) is 11.1 Å². The smallest absolute Gasteiger partial charge is 0.0417 e. The molecular weight excluding hydrogens is 261 g/mol. The third-order valence-electron chi connectivity index (χ3n) is 1.92. The van der Waals surface area contributed by atoms with E-state index in [9.17, 15) is 0 Å². The van der Waals surface area contributed by atoms with Crippen molar-refractivity contribution in [1.82, 2.24) is 4.98 Å². The fraction of sp³-hybridized carbons (Fsp3) is 0. The summed E-state index contributed by atoms with van der Waals surface area (Å²) in [6.45, 7) is 0. The molecule has 0 radical (unpaired) electrons. The molecule has 1 nitrogen and oxygen atoms in total. The molecule has 2 rings (SSSR count). The number of hydrogen-bond donors (Lipinski definition) is 0. The largest absolute Gasteiger partial charge is 0.265 e. The minimum absolute atomic E-state index is 0.731. The molecule has 0 aliphatic heterocycles. The van der Waals surface area contributed by atoms with Gasteiger partial charge in [-0.2, -0.15) is 0 Å². The van der Waals surface area contributed by atoms with Gasteiger partial charge >= 0.3 is 0 Å². The van der Waals surface area contributed by atoms with E-state index in [0.29, 0.717) is 0 Å². The minimum atomic E-state index is 0.731. The molecule has 0 aliphatic carbocycles. The second-order valence-electron chi connectivity index (χ2n) is 2.86. The zero-order valence-electron chi connectivity index (χ0n) is 7.24. The van der Waals surface area contributed by atoms with Gasteiger partial charge in [-0.3, -0.25) is 4.98 Å². The van der Waals surface area contributed by atoms with Gasteiger partial charge in [-0.1, -0.05) is 33.6 Å². The van der Waals surface area contributed by atoms with Crippen LogP contribution in [0.2, 0.25) is 5.02 Å². The number of pyridine rings is 1. The topological polar surface area (TPSA) is 12.9 Å². The predicted octanol–water partition coefficient (Wildman–Crippen LogP) is 4.16. The predicted molar refractivity (Wildman–Crippen MR) is 62.4 cm³/mol. The first-order chi connectivity index (χ1) is 6.77. The van der Waals surface area contributed by atoms with E-state index in [2.05, 4.69) is 20.9 Å². The number of hydrogen-bond acceptors (Lipinski definition) is 1. The zero-order chi connectivity index (χ0) is 9.97. The Bertz CT molecular complexity index is 442. The van der Waals surface area contributed by atoms with Crippen molar-refractivity contribution >= 4 is 27.5 Å². The zero-order valence-corrected chi connectivity index (χ0v) is 9.59. The molecular formula is C11H7BrClN. The molecule has 0 amide bonds. The molecule has 0 atom stereocenters. The Labute approximate surface area is 95.9 Å². The second kappa shape index (κ2) is 4.11. The van der Waals surface area contributed by atoms with E-state index in [0.717, 1.165) is 20.6 Å². The highest BCUT2D eigenvalue weighted by Gasteiger charge is 2.02. The monoisotopic (exact) mass is 267 g/mol. The van der Waals surface area contributed by atoms with E-state index in [1.54, 1.807) is 12.4 Å². The molecule has 14 heavy (non-hydrogen) atoms. The van der Waals surface area contributed by atoms with E-state index >= 15 is 0 Å². The summed E-state index contributed by atoms with van der Waals surface area (Å²) >= 11 is 9.34. The van der Waals surface area contributed by atoms with Gasteiger partial charge in [-0.15, -0.1) is 0 Å². The molecule has 1 aromatic carbocycles. The molecule has 0 bridgehead atoms. The summed E-state index contributed by atoms with van der Waals surface area (Å²) in [6, 6.07) is 9.68. The van der Waals surface area contributed by atoms with Crippen LogP contribution >= 0.6 is 27.5 Å². The Balaban J connectivity index is 2.53. The van der Waals surface area contributed by atoms with Gasteiger partial charge in [0.1, 0.15) is 0 Å². The number of rotatable bonds is 1. The Hall–Kier alpha value is -0.860. The maximum Gasteiger partial charge on any atom is 0.0417 e. The molecule has 0 N–H and O–H groups in total. The van der Waals surface area contributed by atoms with E-state index < -0.39 is 0 Å². The van der Waals surface area contributed by atoms with Crippen molar-refractivity contribution in [2.24, 2.45) is 0 Å². The Morgan fingerprint density at radius 3 is 2.43 bits per heavy atom. The van der Waals surface area contributed by atoms with E-state index in [1.165, 1.54) is 0 Å². The van der Waals surface area contributed by atoms with Crippen molar-refractivity contribution in [3.05, 3.63) is 52.2 Å². The molecule has 0 saturated heterocycles. The fourth-order valence-corrected chi connectivity index (χ4v) is 2.17. The van der Waals surface area contributed by atoms with Gasteiger partial charge < -0.3 is 0 Å². The quantitative estimate of drug-likeness (QED) is 0.756. The lowest BCUT2D eigenvalue weighted by Crippen LogP contribution is -1.80. The molecule has 0 aliphatic rings. The minimum Gasteiger partial charge on any atom is -0.265 e. The van der Waals surface area contributed by atoms with Crippen LogP contribution < -0.4 is 0 Å². The molecule has 1 heterocycles. The highest BCUT2D eigenvalue weighted by Crippen LogP contribution is 2.29. The van der Waals surface area contributed by atoms with Crippen molar-refractivity contribution in [3.63, 3.8) is 0 Å². The van der Waals surface area contributed by atoms with Crippen molar-refractivity contribution in [1.29, 1.82) is 0 Å². The van der Waals surface area contributed by atoms with Crippen LogP contribution in [-0.4, -0.2) is 4.98 Å². The number of benzene rings is 1. The second-order valence-corrected chi connectivity index (χ2v) is 4.15. The van der Waals surface area contributed by atoms with Gasteiger partial charge in [-0.05, 0) is 35.4 Å². The molecule has 1 aromatic heterocycles. The number of halogens is 2. The number of aromatic nitrogens is 1. The summed E-state index contributed by atoms with van der Waals surface area (Å²) in [5, 5.41) is 0.731. The Kier molecular flexibility index (Phi) is 2.85. The molecule has 0 fully saturated rings. The van der Waals surface area contributed by atoms with Gasteiger partial charge in [-0.25, -0.2) is 0 Å². The third-order valence-corrected chi connectivity index (χ3v) is 2.81. The van der Waals surface area contributed by atoms with Crippen LogP contribution in [0.1, 0.15) is 0 Å². The summed E-state index contributed by atoms with van der Waals surface area (Å²) in [6.07, 6.45) is 3.55. The van der Waals surface area contributed by atoms with Crippen LogP contribution in [0.15, 0.2) is 47.2 Å². The van der Waals surface area contributed by atoms with Crippen LogP contribution in [0.3, 0.4) is 0 Å². The van der Waals surface area contributed by atoms with Crippen molar-refractivity contribution in [2.75, 3.05) is 0 Å². The lowest BCUT2D eigenvalue weighted by atomic mass is 10.1. The first kappa shape index (κ1) is 9.69. The average molecular weight is 269 g/mol. The van der Waals surface area contributed by atoms with Gasteiger partial charge in [0.05, 0.1) is 0 Å². The van der Waals surface area contributed by atoms with Gasteiger partial charge in [0.25, 0.3) is 0 Å². The summed E-state index contributed by atoms with van der Waals surface area (Å²) in [7, 11) is 0. The molecule has 0 unspecified atom stereocenters. The number of nitrogens with zero attached hydrogens (tertiary/aromatic N) is 1. The van der Waals surface area contributed by atoms with Crippen LogP contribution in [0.4, 0.5) is 0 Å². The van der Waals surface area contributed by atoms with Crippen LogP contribution in [0, 0.1) is 0 Å². The average Bonchev–Trinajstić information content (AvgIpc) is 2.19. The molecule has 2 aromatic rings. The highest BCUT2D eigenvalue weighted by atomic mass is 79.9. The summed E-state index contributed by atoms with van der Waals surface area (Å²) in [4.78, 5) is 3.98. The summed E-state index contributed by atoms with van der Waals surface area (Å²) in [5.41, 5.74) is 2.25. The Morgan fingerprint density at radius 1 is 1.07 bits per heavy atom. The van der Waals surface area contributed by atoms with Crippen LogP contribution in [-0.2, 0) is 0 Å². The fourth-order valence-electron chi connectivity index (χ4n) is 1.26. The molecule has 0 spiro atoms. The van der Waals surface area contributed by atoms with Crippen molar-refractivity contribution < 1.29 is 0 Å². The van der Waals surface area contributed by atoms with Gasteiger partial charge in [0.2, 0.25) is 0 Å². The third kappa shape index (κ3) is 1.97. The summed E-state index contributed by atoms with van der Waals surface area (Å²) < 4.78 is 0.996. The molecule has 3 heteroatoms. The maximum absolute atomic E-state index is 5.86. The summed E-state index contributed by atoms with van der Waals surface area (Å²) in [5.74, 6) is 0. The molecule has 0 saturated carbocycles. The lowest BCUT2D eigenvalue weighted by Gasteiger charge is -2.04. The highest BCUT2D eigenvalue weighted by molar-refractivity contribution is 9.10. The Morgan fingerprint density at radius 2 is 1.79 bits per heavy atom. The van der Waals surface area contributed by atoms with E-state index in [-0.39, 0.29) is 0 Å². The lowest BCUT2D eigenvalue weighted by molar-refractivity contribution is 1.33. The van der Waals surface area contributed by atoms with Gasteiger partial charge in [0.15, 0.2) is 0 Å². The van der Waals surface area contributed by atoms with Crippen molar-refractivity contribution in [3.8, 4) is 11.1 Å².